The Morgan fingerprint density at radius 3 is 1.11 bits per heavy atom. The van der Waals surface area contributed by atoms with Gasteiger partial charge in [0, 0.05) is 45.8 Å². The predicted octanol–water partition coefficient (Wildman–Crippen LogP) is -0.787. The number of nitrogens with zero attached hydrogens (tertiary/aromatic N) is 7. The highest BCUT2D eigenvalue weighted by Gasteiger charge is 2.48. The number of carbonyl (C=O) groups is 8. The summed E-state index contributed by atoms with van der Waals surface area (Å²) in [6.45, 7) is 2.46. The van der Waals surface area contributed by atoms with Crippen LogP contribution in [-0.4, -0.2) is 187 Å². The van der Waals surface area contributed by atoms with Crippen LogP contribution in [0.15, 0.2) is 0 Å². The van der Waals surface area contributed by atoms with Gasteiger partial charge in [0.05, 0.1) is 32.9 Å². The first-order valence-electron chi connectivity index (χ1n) is 19.5. The van der Waals surface area contributed by atoms with Crippen molar-refractivity contribution in [1.82, 2.24) is 34.3 Å². The van der Waals surface area contributed by atoms with E-state index in [2.05, 4.69) is 0 Å². The largest absolute Gasteiger partial charge is 0.395 e. The van der Waals surface area contributed by atoms with Crippen LogP contribution in [0.4, 0.5) is 9.59 Å². The van der Waals surface area contributed by atoms with Gasteiger partial charge in [-0.15, -0.1) is 0 Å². The third kappa shape index (κ3) is 10.6. The highest BCUT2D eigenvalue weighted by Crippen LogP contribution is 2.26. The number of hydrogen-bond donors (Lipinski definition) is 4. The number of aliphatic hydroxyl groups is 4. The molecule has 0 radical (unpaired) electrons. The van der Waals surface area contributed by atoms with Crippen LogP contribution < -0.4 is 0 Å². The molecule has 0 aromatic rings. The van der Waals surface area contributed by atoms with Gasteiger partial charge in [0.1, 0.15) is 17.8 Å². The first-order chi connectivity index (χ1) is 26.3. The maximum atomic E-state index is 13.6. The lowest BCUT2D eigenvalue weighted by Crippen LogP contribution is -2.64. The lowest BCUT2D eigenvalue weighted by Gasteiger charge is -2.44. The van der Waals surface area contributed by atoms with E-state index in [1.807, 2.05) is 20.8 Å². The van der Waals surface area contributed by atoms with Crippen LogP contribution in [0.25, 0.3) is 0 Å². The van der Waals surface area contributed by atoms with Crippen LogP contribution in [0.5, 0.6) is 0 Å². The Kier molecular flexibility index (Phi) is 18.1. The summed E-state index contributed by atoms with van der Waals surface area (Å²) in [5, 5.41) is 39.9. The number of urea groups is 2. The molecule has 0 bridgehead atoms. The number of hydrogen-bond acceptors (Lipinski definition) is 13. The molecule has 55 heavy (non-hydrogen) atoms. The van der Waals surface area contributed by atoms with Crippen molar-refractivity contribution in [2.75, 3.05) is 78.7 Å². The van der Waals surface area contributed by atoms with Crippen molar-refractivity contribution in [1.29, 1.82) is 0 Å². The fraction of sp³-hybridized carbons (Fsp3) is 0.778. The summed E-state index contributed by atoms with van der Waals surface area (Å²) in [6, 6.07) is -1.82. The number of aliphatic hydroxyl groups excluding tert-OH is 4. The van der Waals surface area contributed by atoms with Gasteiger partial charge in [-0.2, -0.15) is 0 Å². The van der Waals surface area contributed by atoms with Gasteiger partial charge in [-0.05, 0) is 19.3 Å². The summed E-state index contributed by atoms with van der Waals surface area (Å²) in [6.07, 6.45) is 2.65. The molecule has 3 saturated heterocycles. The maximum absolute atomic E-state index is 13.6. The van der Waals surface area contributed by atoms with Crippen molar-refractivity contribution in [2.45, 2.75) is 84.9 Å². The molecule has 0 spiro atoms. The molecule has 310 valence electrons. The second-order valence-electron chi connectivity index (χ2n) is 14.0. The molecule has 10 amide bonds. The second-order valence-corrected chi connectivity index (χ2v) is 14.0. The number of carbonyl (C=O) groups excluding carboxylic acids is 8. The Morgan fingerprint density at radius 1 is 0.455 bits per heavy atom. The van der Waals surface area contributed by atoms with Crippen LogP contribution in [0.1, 0.15) is 78.6 Å². The molecule has 4 N–H and O–H groups in total. The predicted molar refractivity (Wildman–Crippen MR) is 194 cm³/mol. The quantitative estimate of drug-likeness (QED) is 0.0880. The molecule has 3 heterocycles. The number of unbranched alkanes of at least 4 members (excludes halogenated alkanes) is 3. The van der Waals surface area contributed by atoms with E-state index in [0.717, 1.165) is 29.4 Å². The Hall–Kier alpha value is -4.04. The van der Waals surface area contributed by atoms with Gasteiger partial charge in [-0.3, -0.25) is 63.1 Å². The van der Waals surface area contributed by atoms with Crippen molar-refractivity contribution >= 4 is 47.5 Å². The molecule has 3 rings (SSSR count). The smallest absolute Gasteiger partial charge is 0.333 e. The van der Waals surface area contributed by atoms with E-state index < -0.39 is 91.4 Å². The van der Waals surface area contributed by atoms with Crippen LogP contribution in [0.3, 0.4) is 0 Å². The van der Waals surface area contributed by atoms with Crippen LogP contribution in [-0.2, 0) is 28.8 Å². The first-order valence-corrected chi connectivity index (χ1v) is 19.5. The molecule has 0 saturated carbocycles. The van der Waals surface area contributed by atoms with E-state index in [0.29, 0.717) is 38.5 Å². The average molecular weight is 782 g/mol. The summed E-state index contributed by atoms with van der Waals surface area (Å²) in [4.78, 5) is 114. The number of imide groups is 4. The Balaban J connectivity index is 1.93. The third-order valence-electron chi connectivity index (χ3n) is 10.4. The average Bonchev–Trinajstić information content (AvgIpc) is 3.16. The zero-order chi connectivity index (χ0) is 40.8. The molecule has 4 atom stereocenters. The summed E-state index contributed by atoms with van der Waals surface area (Å²) in [5.74, 6) is -7.34. The van der Waals surface area contributed by atoms with Gasteiger partial charge < -0.3 is 20.4 Å². The van der Waals surface area contributed by atoms with Crippen LogP contribution in [0, 0.1) is 17.8 Å². The van der Waals surface area contributed by atoms with Gasteiger partial charge in [0.25, 0.3) is 0 Å². The molecule has 0 aromatic carbocycles. The lowest BCUT2D eigenvalue weighted by molar-refractivity contribution is -0.191. The number of rotatable bonds is 24. The van der Waals surface area contributed by atoms with Crippen molar-refractivity contribution < 1.29 is 58.8 Å². The molecular weight excluding hydrogens is 722 g/mol. The maximum Gasteiger partial charge on any atom is 0.333 e. The molecule has 3 aliphatic heterocycles. The van der Waals surface area contributed by atoms with E-state index in [1.165, 1.54) is 0 Å². The molecule has 19 heteroatoms. The van der Waals surface area contributed by atoms with E-state index in [4.69, 9.17) is 0 Å². The minimum atomic E-state index is -1.70. The molecule has 4 unspecified atom stereocenters. The van der Waals surface area contributed by atoms with E-state index in [-0.39, 0.29) is 78.2 Å². The Morgan fingerprint density at radius 2 is 0.764 bits per heavy atom. The van der Waals surface area contributed by atoms with E-state index in [1.54, 1.807) is 4.90 Å². The normalized spacial score (nSPS) is 22.8. The fourth-order valence-corrected chi connectivity index (χ4v) is 7.15. The van der Waals surface area contributed by atoms with Crippen LogP contribution in [0.2, 0.25) is 0 Å². The lowest BCUT2D eigenvalue weighted by atomic mass is 9.96. The second kappa shape index (κ2) is 21.9. The third-order valence-corrected chi connectivity index (χ3v) is 10.4. The molecule has 0 aromatic heterocycles. The fourth-order valence-electron chi connectivity index (χ4n) is 7.15. The summed E-state index contributed by atoms with van der Waals surface area (Å²) in [5.41, 5.74) is 0. The van der Waals surface area contributed by atoms with Crippen molar-refractivity contribution in [3.05, 3.63) is 0 Å². The number of barbiturate groups is 2. The van der Waals surface area contributed by atoms with Crippen molar-refractivity contribution in [3.63, 3.8) is 0 Å². The zero-order valence-electron chi connectivity index (χ0n) is 32.3. The van der Waals surface area contributed by atoms with Gasteiger partial charge >= 0.3 is 12.1 Å². The minimum absolute atomic E-state index is 0.0476. The highest BCUT2D eigenvalue weighted by molar-refractivity contribution is 6.16. The summed E-state index contributed by atoms with van der Waals surface area (Å²) < 4.78 is 0. The first kappa shape index (κ1) is 45.4. The standard InChI is InChI=1S/C36H59N7O12/c1-4-7-10-25-28(47)38(34(53)41(19-22-44)31(25)50)16-13-37(14-17-39-29(48)26(11-8-5-2)32(51)42(20-23-45)35(39)54)15-18-40-30(49)27(12-9-6-3)33(52)43(21-24-46)36(40)55/h25-27,34,44-46,53H,4-24H2,1-3H3. The molecular formula is C36H59N7O12. The Bertz CT molecular complexity index is 1330. The van der Waals surface area contributed by atoms with Gasteiger partial charge in [-0.25, -0.2) is 9.59 Å². The topological polar surface area (TPSA) is 240 Å². The summed E-state index contributed by atoms with van der Waals surface area (Å²) >= 11 is 0. The number of amides is 10. The molecule has 3 fully saturated rings. The monoisotopic (exact) mass is 781 g/mol. The van der Waals surface area contributed by atoms with Crippen molar-refractivity contribution in [3.8, 4) is 0 Å². The molecule has 19 nitrogen and oxygen atoms in total. The highest BCUT2D eigenvalue weighted by atomic mass is 16.3. The van der Waals surface area contributed by atoms with Gasteiger partial charge in [-0.1, -0.05) is 59.3 Å². The molecule has 0 aliphatic carbocycles. The Labute approximate surface area is 321 Å². The van der Waals surface area contributed by atoms with E-state index in [9.17, 15) is 58.8 Å². The summed E-state index contributed by atoms with van der Waals surface area (Å²) in [7, 11) is 0. The SMILES string of the molecule is CCCCC1C(=O)N(CCO)C(=O)N(CCN(CCN2C(=O)C(CCCC)C(=O)N(CCO)C2=O)CCN2C(=O)C(CCCC)C(=O)N(CCO)C2O)C1=O. The minimum Gasteiger partial charge on any atom is -0.395 e. The van der Waals surface area contributed by atoms with Gasteiger partial charge in [0.15, 0.2) is 0 Å². The number of β-amino-alcohol motifs (C(OH)–C–C–N with tert-alkyl or cyclic N) is 3. The van der Waals surface area contributed by atoms with Gasteiger partial charge in [0.2, 0.25) is 41.8 Å². The van der Waals surface area contributed by atoms with E-state index >= 15 is 0 Å². The zero-order valence-corrected chi connectivity index (χ0v) is 32.3. The van der Waals surface area contributed by atoms with Crippen LogP contribution >= 0.6 is 0 Å². The van der Waals surface area contributed by atoms with Crippen molar-refractivity contribution in [2.24, 2.45) is 17.8 Å². The molecule has 3 aliphatic rings.